The third kappa shape index (κ3) is 2.28. The number of benzene rings is 1. The molecule has 0 saturated carbocycles. The van der Waals surface area contributed by atoms with E-state index in [9.17, 15) is 19.1 Å². The van der Waals surface area contributed by atoms with Crippen LogP contribution in [0.15, 0.2) is 16.9 Å². The molecular formula is C24H22FN3O4. The lowest BCUT2D eigenvalue weighted by Crippen LogP contribution is -2.44. The third-order valence-electron chi connectivity index (χ3n) is 7.32. The molecule has 0 radical (unpaired) electrons. The van der Waals surface area contributed by atoms with Crippen LogP contribution in [0.2, 0.25) is 0 Å². The maximum Gasteiger partial charge on any atom is 0.343 e. The van der Waals surface area contributed by atoms with Crippen molar-refractivity contribution in [1.29, 1.82) is 0 Å². The predicted octanol–water partition coefficient (Wildman–Crippen LogP) is 2.17. The molecule has 2 aromatic heterocycles. The quantitative estimate of drug-likeness (QED) is 0.468. The maximum absolute atomic E-state index is 14.8. The van der Waals surface area contributed by atoms with E-state index in [0.29, 0.717) is 34.6 Å². The van der Waals surface area contributed by atoms with E-state index in [1.54, 1.807) is 17.6 Å². The molecule has 1 aliphatic carbocycles. The maximum atomic E-state index is 14.8. The fraction of sp³-hybridized carbons (Fsp3) is 0.375. The molecule has 0 spiro atoms. The lowest BCUT2D eigenvalue weighted by atomic mass is 9.84. The van der Waals surface area contributed by atoms with Crippen molar-refractivity contribution in [2.24, 2.45) is 5.73 Å². The van der Waals surface area contributed by atoms with E-state index < -0.39 is 11.6 Å². The van der Waals surface area contributed by atoms with Gasteiger partial charge in [-0.05, 0) is 42.9 Å². The first kappa shape index (κ1) is 19.6. The first-order valence-corrected chi connectivity index (χ1v) is 10.9. The van der Waals surface area contributed by atoms with E-state index in [-0.39, 0.29) is 36.5 Å². The Morgan fingerprint density at radius 3 is 2.75 bits per heavy atom. The standard InChI is InChI=1S/C24H22FN3O4/c1-2-24(31)16-6-19-21-14(9-28(19)22(29)15(16)10-32-23(24)30)12-5-3-4-11-13(8-26)17(25)7-18(27-21)20(11)12/h6-7,31H,2-5,8-10,26H2,1H3. The van der Waals surface area contributed by atoms with Gasteiger partial charge >= 0.3 is 5.97 Å². The average Bonchev–Trinajstić information content (AvgIpc) is 3.16. The van der Waals surface area contributed by atoms with Crippen LogP contribution < -0.4 is 11.3 Å². The summed E-state index contributed by atoms with van der Waals surface area (Å²) >= 11 is 0. The highest BCUT2D eigenvalue weighted by Crippen LogP contribution is 2.43. The zero-order valence-corrected chi connectivity index (χ0v) is 17.6. The van der Waals surface area contributed by atoms with Crippen LogP contribution in [0, 0.1) is 5.82 Å². The van der Waals surface area contributed by atoms with E-state index in [0.717, 1.165) is 41.3 Å². The molecular weight excluding hydrogens is 413 g/mol. The number of nitrogens with zero attached hydrogens (tertiary/aromatic N) is 2. The van der Waals surface area contributed by atoms with Gasteiger partial charge in [0.2, 0.25) is 0 Å². The smallest absolute Gasteiger partial charge is 0.343 e. The number of fused-ring (bicyclic) bond motifs is 5. The molecule has 1 atom stereocenters. The second-order valence-corrected chi connectivity index (χ2v) is 8.79. The van der Waals surface area contributed by atoms with Gasteiger partial charge in [-0.25, -0.2) is 14.2 Å². The lowest BCUT2D eigenvalue weighted by Gasteiger charge is -2.31. The Labute approximate surface area is 182 Å². The Morgan fingerprint density at radius 2 is 2.00 bits per heavy atom. The molecule has 6 rings (SSSR count). The lowest BCUT2D eigenvalue weighted by molar-refractivity contribution is -0.172. The number of hydrogen-bond acceptors (Lipinski definition) is 6. The van der Waals surface area contributed by atoms with Crippen LogP contribution in [0.4, 0.5) is 4.39 Å². The molecule has 7 nitrogen and oxygen atoms in total. The summed E-state index contributed by atoms with van der Waals surface area (Å²) in [5, 5.41) is 12.0. The van der Waals surface area contributed by atoms with E-state index in [1.165, 1.54) is 6.07 Å². The average molecular weight is 435 g/mol. The number of pyridine rings is 2. The second-order valence-electron chi connectivity index (χ2n) is 8.79. The van der Waals surface area contributed by atoms with Crippen molar-refractivity contribution in [3.8, 4) is 11.4 Å². The van der Waals surface area contributed by atoms with Crippen LogP contribution in [0.25, 0.3) is 22.3 Å². The number of carbonyl (C=O) groups excluding carboxylic acids is 1. The van der Waals surface area contributed by atoms with Gasteiger partial charge in [0, 0.05) is 34.7 Å². The number of aromatic nitrogens is 2. The minimum Gasteiger partial charge on any atom is -0.458 e. The number of halogens is 1. The summed E-state index contributed by atoms with van der Waals surface area (Å²) in [5.74, 6) is -1.11. The van der Waals surface area contributed by atoms with Gasteiger partial charge in [-0.2, -0.15) is 0 Å². The minimum atomic E-state index is -1.87. The summed E-state index contributed by atoms with van der Waals surface area (Å²) in [5.41, 5.74) is 9.43. The molecule has 3 aliphatic rings. The van der Waals surface area contributed by atoms with Crippen LogP contribution in [0.1, 0.15) is 53.1 Å². The van der Waals surface area contributed by atoms with Crippen LogP contribution >= 0.6 is 0 Å². The van der Waals surface area contributed by atoms with E-state index in [4.69, 9.17) is 15.5 Å². The zero-order valence-electron chi connectivity index (χ0n) is 17.6. The summed E-state index contributed by atoms with van der Waals surface area (Å²) < 4.78 is 21.5. The van der Waals surface area contributed by atoms with Crippen LogP contribution in [-0.2, 0) is 47.7 Å². The van der Waals surface area contributed by atoms with Crippen molar-refractivity contribution in [3.05, 3.63) is 61.7 Å². The summed E-state index contributed by atoms with van der Waals surface area (Å²) in [6.45, 7) is 1.99. The fourth-order valence-electron chi connectivity index (χ4n) is 5.64. The molecule has 164 valence electrons. The van der Waals surface area contributed by atoms with Gasteiger partial charge in [0.05, 0.1) is 29.0 Å². The normalized spacial score (nSPS) is 20.7. The number of rotatable bonds is 2. The Balaban J connectivity index is 1.67. The Morgan fingerprint density at radius 1 is 1.22 bits per heavy atom. The second kappa shape index (κ2) is 6.46. The largest absolute Gasteiger partial charge is 0.458 e. The Kier molecular flexibility index (Phi) is 3.95. The molecule has 4 heterocycles. The minimum absolute atomic E-state index is 0.0847. The van der Waals surface area contributed by atoms with Gasteiger partial charge in [-0.3, -0.25) is 4.79 Å². The highest BCUT2D eigenvalue weighted by Gasteiger charge is 2.45. The third-order valence-corrected chi connectivity index (χ3v) is 7.32. The molecule has 32 heavy (non-hydrogen) atoms. The van der Waals surface area contributed by atoms with Gasteiger partial charge < -0.3 is 20.1 Å². The van der Waals surface area contributed by atoms with Gasteiger partial charge in [0.25, 0.3) is 5.56 Å². The fourth-order valence-corrected chi connectivity index (χ4v) is 5.64. The Bertz CT molecular complexity index is 1430. The summed E-state index contributed by atoms with van der Waals surface area (Å²) in [6, 6.07) is 3.11. The summed E-state index contributed by atoms with van der Waals surface area (Å²) in [4.78, 5) is 30.5. The number of ether oxygens (including phenoxy) is 1. The van der Waals surface area contributed by atoms with E-state index in [2.05, 4.69) is 0 Å². The molecule has 3 N–H and O–H groups in total. The van der Waals surface area contributed by atoms with Crippen LogP contribution in [-0.4, -0.2) is 20.6 Å². The SMILES string of the molecule is CCC1(O)C(=O)OCc2c1cc1n(c2=O)Cc2c-1nc1cc(F)c(CN)c3c1c2CCC3. The molecule has 0 amide bonds. The first-order valence-electron chi connectivity index (χ1n) is 10.9. The van der Waals surface area contributed by atoms with Crippen LogP contribution in [0.5, 0.6) is 0 Å². The van der Waals surface area contributed by atoms with Gasteiger partial charge in [0.1, 0.15) is 12.4 Å². The molecule has 0 bridgehead atoms. The van der Waals surface area contributed by atoms with Crippen molar-refractivity contribution in [3.63, 3.8) is 0 Å². The van der Waals surface area contributed by atoms with Gasteiger partial charge in [-0.1, -0.05) is 6.92 Å². The van der Waals surface area contributed by atoms with Crippen molar-refractivity contribution < 1.29 is 19.0 Å². The molecule has 3 aromatic rings. The summed E-state index contributed by atoms with van der Waals surface area (Å²) in [6.07, 6.45) is 2.52. The van der Waals surface area contributed by atoms with Gasteiger partial charge in [-0.15, -0.1) is 0 Å². The number of aliphatic hydroxyl groups is 1. The van der Waals surface area contributed by atoms with Crippen LogP contribution in [0.3, 0.4) is 0 Å². The monoisotopic (exact) mass is 435 g/mol. The molecule has 0 fully saturated rings. The molecule has 0 saturated heterocycles. The van der Waals surface area contributed by atoms with E-state index >= 15 is 0 Å². The Hall–Kier alpha value is -3.10. The van der Waals surface area contributed by atoms with Gasteiger partial charge in [0.15, 0.2) is 5.60 Å². The number of nitrogens with two attached hydrogens (primary N) is 1. The molecule has 1 unspecified atom stereocenters. The van der Waals surface area contributed by atoms with Crippen molar-refractivity contribution in [2.75, 3.05) is 0 Å². The number of aryl methyl sites for hydroxylation is 2. The number of hydrogen-bond donors (Lipinski definition) is 2. The van der Waals surface area contributed by atoms with Crippen molar-refractivity contribution >= 4 is 16.9 Å². The first-order chi connectivity index (χ1) is 15.4. The molecule has 2 aliphatic heterocycles. The van der Waals surface area contributed by atoms with Crippen molar-refractivity contribution in [2.45, 2.75) is 57.9 Å². The summed E-state index contributed by atoms with van der Waals surface area (Å²) in [7, 11) is 0. The number of esters is 1. The zero-order chi connectivity index (χ0) is 22.4. The number of cyclic esters (lactones) is 1. The van der Waals surface area contributed by atoms with E-state index in [1.807, 2.05) is 0 Å². The topological polar surface area (TPSA) is 107 Å². The molecule has 8 heteroatoms. The molecule has 1 aromatic carbocycles. The highest BCUT2D eigenvalue weighted by molar-refractivity contribution is 5.92. The van der Waals surface area contributed by atoms with Crippen molar-refractivity contribution in [1.82, 2.24) is 9.55 Å². The highest BCUT2D eigenvalue weighted by atomic mass is 19.1. The number of carbonyl (C=O) groups is 1. The predicted molar refractivity (Wildman–Crippen MR) is 114 cm³/mol.